The van der Waals surface area contributed by atoms with E-state index in [2.05, 4.69) is 27.4 Å². The van der Waals surface area contributed by atoms with Crippen LogP contribution in [0.4, 0.5) is 0 Å². The minimum atomic E-state index is -0.708. The number of hydrogen-bond donors (Lipinski definition) is 2. The van der Waals surface area contributed by atoms with E-state index in [1.807, 2.05) is 31.3 Å². The molecule has 0 bridgehead atoms. The lowest BCUT2D eigenvalue weighted by Crippen LogP contribution is -2.47. The highest BCUT2D eigenvalue weighted by molar-refractivity contribution is 7.13. The largest absolute Gasteiger partial charge is 0.494 e. The smallest absolute Gasteiger partial charge is 0.256 e. The first-order chi connectivity index (χ1) is 16.0. The van der Waals surface area contributed by atoms with Crippen LogP contribution in [0.15, 0.2) is 30.7 Å². The molecule has 0 unspecified atom stereocenters. The summed E-state index contributed by atoms with van der Waals surface area (Å²) >= 11 is 8.37. The molecule has 1 fully saturated rings. The number of benzene rings is 1. The molecule has 1 saturated carbocycles. The van der Waals surface area contributed by atoms with Crippen molar-refractivity contribution in [3.8, 4) is 5.75 Å². The van der Waals surface area contributed by atoms with E-state index in [4.69, 9.17) is 21.3 Å². The average molecular weight is 484 g/mol. The summed E-state index contributed by atoms with van der Waals surface area (Å²) in [6, 6.07) is 5.69. The molecule has 3 aromatic rings. The number of hydrogen-bond acceptors (Lipinski definition) is 6. The number of nitrogens with one attached hydrogen (secondary N) is 2. The Morgan fingerprint density at radius 1 is 1.33 bits per heavy atom. The highest BCUT2D eigenvalue weighted by atomic mass is 35.5. The second kappa shape index (κ2) is 8.91. The molecule has 33 heavy (non-hydrogen) atoms. The Balaban J connectivity index is 1.52. The summed E-state index contributed by atoms with van der Waals surface area (Å²) in [6.07, 6.45) is 8.42. The Kier molecular flexibility index (Phi) is 5.97. The third kappa shape index (κ3) is 4.42. The molecular weight excluding hydrogens is 458 g/mol. The number of rotatable bonds is 8. The Morgan fingerprint density at radius 3 is 2.88 bits per heavy atom. The summed E-state index contributed by atoms with van der Waals surface area (Å²) in [5, 5.41) is 12.6. The molecule has 0 saturated heterocycles. The van der Waals surface area contributed by atoms with Crippen molar-refractivity contribution in [3.63, 3.8) is 0 Å². The number of halogens is 1. The van der Waals surface area contributed by atoms with Gasteiger partial charge in [-0.05, 0) is 49.8 Å². The second-order valence-electron chi connectivity index (χ2n) is 8.84. The molecule has 1 aromatic carbocycles. The molecule has 0 radical (unpaired) electrons. The van der Waals surface area contributed by atoms with Gasteiger partial charge in [0.25, 0.3) is 5.91 Å². The first kappa shape index (κ1) is 22.1. The summed E-state index contributed by atoms with van der Waals surface area (Å²) in [5.41, 5.74) is 1.47. The van der Waals surface area contributed by atoms with Crippen molar-refractivity contribution in [2.45, 2.75) is 57.4 Å². The summed E-state index contributed by atoms with van der Waals surface area (Å²) in [4.78, 5) is 22.4. The van der Waals surface area contributed by atoms with Crippen molar-refractivity contribution in [1.29, 1.82) is 0 Å². The van der Waals surface area contributed by atoms with Crippen LogP contribution in [0, 0.1) is 0 Å². The van der Waals surface area contributed by atoms with Gasteiger partial charge in [-0.2, -0.15) is 0 Å². The number of unbranched alkanes of at least 4 members (excludes halogenated alkanes) is 1. The Labute approximate surface area is 201 Å². The molecule has 2 aromatic heterocycles. The van der Waals surface area contributed by atoms with Crippen molar-refractivity contribution in [2.24, 2.45) is 0 Å². The van der Waals surface area contributed by atoms with Crippen molar-refractivity contribution in [3.05, 3.63) is 57.0 Å². The van der Waals surface area contributed by atoms with Gasteiger partial charge in [0.2, 0.25) is 0 Å². The van der Waals surface area contributed by atoms with Gasteiger partial charge in [0.1, 0.15) is 17.1 Å². The number of carbonyl (C=O) groups is 1. The minimum Gasteiger partial charge on any atom is -0.494 e. The van der Waals surface area contributed by atoms with Crippen LogP contribution < -0.4 is 10.1 Å². The first-order valence-electron chi connectivity index (χ1n) is 11.3. The van der Waals surface area contributed by atoms with Gasteiger partial charge in [-0.25, -0.2) is 4.98 Å². The predicted molar refractivity (Wildman–Crippen MR) is 129 cm³/mol. The molecule has 7 nitrogen and oxygen atoms in total. The molecule has 1 amide bonds. The SMILES string of the molecule is CCCCOc1ccc([C@]2(C)CC(c3ncc(C4CC4)s3)=C(c3nnc[nH]3)C(=O)N2)c(Cl)c1. The van der Waals surface area contributed by atoms with E-state index in [9.17, 15) is 4.79 Å². The normalized spacial score (nSPS) is 20.8. The monoisotopic (exact) mass is 483 g/mol. The molecule has 172 valence electrons. The van der Waals surface area contributed by atoms with Gasteiger partial charge in [0.05, 0.1) is 17.7 Å². The van der Waals surface area contributed by atoms with Crippen LogP contribution in [-0.2, 0) is 10.3 Å². The Morgan fingerprint density at radius 2 is 2.18 bits per heavy atom. The molecular formula is C24H26ClN5O2S. The fourth-order valence-electron chi connectivity index (χ4n) is 4.21. The van der Waals surface area contributed by atoms with Crippen LogP contribution in [0.5, 0.6) is 5.75 Å². The number of aromatic nitrogens is 4. The third-order valence-electron chi connectivity index (χ3n) is 6.17. The molecule has 0 spiro atoms. The van der Waals surface area contributed by atoms with Gasteiger partial charge in [0.15, 0.2) is 5.82 Å². The zero-order valence-corrected chi connectivity index (χ0v) is 20.2. The average Bonchev–Trinajstić information content (AvgIpc) is 3.28. The molecule has 9 heteroatoms. The maximum absolute atomic E-state index is 13.4. The Hall–Kier alpha value is -2.71. The van der Waals surface area contributed by atoms with Crippen LogP contribution in [0.2, 0.25) is 5.02 Å². The maximum Gasteiger partial charge on any atom is 0.256 e. The van der Waals surface area contributed by atoms with E-state index in [0.29, 0.717) is 35.4 Å². The predicted octanol–water partition coefficient (Wildman–Crippen LogP) is 5.32. The highest BCUT2D eigenvalue weighted by Crippen LogP contribution is 2.47. The van der Waals surface area contributed by atoms with E-state index in [-0.39, 0.29) is 5.91 Å². The molecule has 1 aliphatic heterocycles. The summed E-state index contributed by atoms with van der Waals surface area (Å²) in [6.45, 7) is 4.78. The topological polar surface area (TPSA) is 92.8 Å². The van der Waals surface area contributed by atoms with E-state index >= 15 is 0 Å². The summed E-state index contributed by atoms with van der Waals surface area (Å²) in [7, 11) is 0. The van der Waals surface area contributed by atoms with E-state index in [0.717, 1.165) is 34.7 Å². The Bertz CT molecular complexity index is 1200. The van der Waals surface area contributed by atoms with Crippen LogP contribution in [0.3, 0.4) is 0 Å². The molecule has 2 N–H and O–H groups in total. The lowest BCUT2D eigenvalue weighted by Gasteiger charge is -2.37. The third-order valence-corrected chi connectivity index (χ3v) is 7.70. The van der Waals surface area contributed by atoms with E-state index < -0.39 is 5.54 Å². The lowest BCUT2D eigenvalue weighted by atomic mass is 9.80. The van der Waals surface area contributed by atoms with Gasteiger partial charge in [-0.15, -0.1) is 21.5 Å². The second-order valence-corrected chi connectivity index (χ2v) is 10.3. The fraction of sp³-hybridized carbons (Fsp3) is 0.417. The van der Waals surface area contributed by atoms with Gasteiger partial charge < -0.3 is 15.0 Å². The zero-order chi connectivity index (χ0) is 23.0. The van der Waals surface area contributed by atoms with E-state index in [1.165, 1.54) is 24.0 Å². The fourth-order valence-corrected chi connectivity index (χ4v) is 5.72. The van der Waals surface area contributed by atoms with Crippen LogP contribution in [0.25, 0.3) is 11.1 Å². The van der Waals surface area contributed by atoms with Gasteiger partial charge in [-0.3, -0.25) is 4.79 Å². The zero-order valence-electron chi connectivity index (χ0n) is 18.7. The minimum absolute atomic E-state index is 0.224. The quantitative estimate of drug-likeness (QED) is 0.423. The molecule has 3 heterocycles. The molecule has 2 aliphatic rings. The molecule has 1 aliphatic carbocycles. The van der Waals surface area contributed by atoms with Crippen molar-refractivity contribution in [2.75, 3.05) is 6.61 Å². The van der Waals surface area contributed by atoms with Crippen LogP contribution in [-0.4, -0.2) is 32.7 Å². The van der Waals surface area contributed by atoms with E-state index in [1.54, 1.807) is 11.3 Å². The van der Waals surface area contributed by atoms with Crippen molar-refractivity contribution < 1.29 is 9.53 Å². The number of nitrogens with zero attached hydrogens (tertiary/aromatic N) is 3. The number of carbonyl (C=O) groups excluding carboxylic acids is 1. The standard InChI is InChI=1S/C24H26ClN5O2S/c1-3-4-9-32-15-7-8-17(18(25)10-15)24(2)11-16(23-26-12-19(33-23)14-5-6-14)20(22(31)29-24)21-27-13-28-30-21/h7-8,10,12-14H,3-6,9,11H2,1-2H3,(H,29,31)(H,27,28,30)/t24-/m0/s1. The summed E-state index contributed by atoms with van der Waals surface area (Å²) in [5.74, 6) is 1.55. The summed E-state index contributed by atoms with van der Waals surface area (Å²) < 4.78 is 5.80. The number of ether oxygens (including phenoxy) is 1. The number of aromatic amines is 1. The van der Waals surface area contributed by atoms with Crippen molar-refractivity contribution >= 4 is 40.0 Å². The molecule has 5 rings (SSSR count). The van der Waals surface area contributed by atoms with Gasteiger partial charge in [-0.1, -0.05) is 31.0 Å². The number of H-pyrrole nitrogens is 1. The molecule has 1 atom stereocenters. The van der Waals surface area contributed by atoms with Gasteiger partial charge >= 0.3 is 0 Å². The number of thiazole rings is 1. The van der Waals surface area contributed by atoms with Gasteiger partial charge in [0, 0.05) is 28.1 Å². The van der Waals surface area contributed by atoms with Crippen molar-refractivity contribution in [1.82, 2.24) is 25.5 Å². The lowest BCUT2D eigenvalue weighted by molar-refractivity contribution is -0.117. The van der Waals surface area contributed by atoms with Crippen LogP contribution >= 0.6 is 22.9 Å². The first-order valence-corrected chi connectivity index (χ1v) is 12.5. The van der Waals surface area contributed by atoms with Crippen LogP contribution in [0.1, 0.15) is 73.1 Å². The maximum atomic E-state index is 13.4. The number of amides is 1. The highest BCUT2D eigenvalue weighted by Gasteiger charge is 2.41.